The van der Waals surface area contributed by atoms with Crippen molar-refractivity contribution in [3.8, 4) is 11.5 Å². The van der Waals surface area contributed by atoms with Gasteiger partial charge >= 0.3 is 0 Å². The van der Waals surface area contributed by atoms with Crippen molar-refractivity contribution in [3.05, 3.63) is 78.3 Å². The lowest BCUT2D eigenvalue weighted by Gasteiger charge is -2.35. The number of rotatable bonds is 10. The van der Waals surface area contributed by atoms with Crippen LogP contribution in [0.2, 0.25) is 0 Å². The summed E-state index contributed by atoms with van der Waals surface area (Å²) in [6.45, 7) is 2.31. The maximum Gasteiger partial charge on any atom is 0.291 e. The summed E-state index contributed by atoms with van der Waals surface area (Å²) in [4.78, 5) is 27.2. The van der Waals surface area contributed by atoms with Gasteiger partial charge in [0.2, 0.25) is 0 Å². The molecule has 4 rings (SSSR count). The number of amides is 2. The highest BCUT2D eigenvalue weighted by molar-refractivity contribution is 6.02. The third kappa shape index (κ3) is 6.64. The molecule has 0 saturated carbocycles. The van der Waals surface area contributed by atoms with Crippen molar-refractivity contribution in [2.45, 2.75) is 25.3 Å². The van der Waals surface area contributed by atoms with Crippen molar-refractivity contribution in [1.82, 2.24) is 10.2 Å². The van der Waals surface area contributed by atoms with E-state index in [2.05, 4.69) is 21.6 Å². The van der Waals surface area contributed by atoms with Gasteiger partial charge in [-0.25, -0.2) is 0 Å². The fourth-order valence-corrected chi connectivity index (χ4v) is 4.28. The van der Waals surface area contributed by atoms with Crippen LogP contribution >= 0.6 is 0 Å². The second-order valence-corrected chi connectivity index (χ2v) is 8.41. The Kier molecular flexibility index (Phi) is 8.40. The SMILES string of the molecule is COc1ccccc1C(CNC(=O)COc1cccc(NC(=O)c2ccco2)c1)N1CCCCC1. The molecule has 1 aromatic heterocycles. The fourth-order valence-electron chi connectivity index (χ4n) is 4.28. The molecule has 2 N–H and O–H groups in total. The van der Waals surface area contributed by atoms with Gasteiger partial charge in [-0.2, -0.15) is 0 Å². The molecule has 1 aliphatic rings. The van der Waals surface area contributed by atoms with E-state index < -0.39 is 0 Å². The van der Waals surface area contributed by atoms with Crippen LogP contribution in [0, 0.1) is 0 Å². The van der Waals surface area contributed by atoms with Crippen LogP contribution < -0.4 is 20.1 Å². The van der Waals surface area contributed by atoms with Crippen LogP contribution in [0.4, 0.5) is 5.69 Å². The summed E-state index contributed by atoms with van der Waals surface area (Å²) in [5, 5.41) is 5.77. The monoisotopic (exact) mass is 477 g/mol. The summed E-state index contributed by atoms with van der Waals surface area (Å²) >= 11 is 0. The Morgan fingerprint density at radius 3 is 2.63 bits per heavy atom. The maximum atomic E-state index is 12.6. The lowest BCUT2D eigenvalue weighted by atomic mass is 10.0. The van der Waals surface area contributed by atoms with Gasteiger partial charge < -0.3 is 24.5 Å². The highest BCUT2D eigenvalue weighted by atomic mass is 16.5. The zero-order valence-electron chi connectivity index (χ0n) is 19.9. The molecule has 0 radical (unpaired) electrons. The molecule has 0 aliphatic carbocycles. The Balaban J connectivity index is 1.33. The number of furan rings is 1. The number of nitrogens with one attached hydrogen (secondary N) is 2. The number of hydrogen-bond acceptors (Lipinski definition) is 6. The number of anilines is 1. The number of carbonyl (C=O) groups excluding carboxylic acids is 2. The van der Waals surface area contributed by atoms with Gasteiger partial charge in [0.1, 0.15) is 11.5 Å². The Labute approximate surface area is 205 Å². The average molecular weight is 478 g/mol. The first-order chi connectivity index (χ1) is 17.1. The molecule has 184 valence electrons. The van der Waals surface area contributed by atoms with Gasteiger partial charge in [0.05, 0.1) is 19.4 Å². The molecule has 0 bridgehead atoms. The number of ether oxygens (including phenoxy) is 2. The molecule has 2 heterocycles. The number of nitrogens with zero attached hydrogens (tertiary/aromatic N) is 1. The molecule has 2 amide bonds. The quantitative estimate of drug-likeness (QED) is 0.453. The van der Waals surface area contributed by atoms with E-state index in [1.807, 2.05) is 18.2 Å². The first-order valence-electron chi connectivity index (χ1n) is 11.9. The highest BCUT2D eigenvalue weighted by Crippen LogP contribution is 2.31. The number of methoxy groups -OCH3 is 1. The average Bonchev–Trinajstić information content (AvgIpc) is 3.44. The molecule has 1 fully saturated rings. The van der Waals surface area contributed by atoms with Crippen LogP contribution in [0.25, 0.3) is 0 Å². The van der Waals surface area contributed by atoms with Crippen molar-refractivity contribution < 1.29 is 23.5 Å². The van der Waals surface area contributed by atoms with Crippen LogP contribution in [-0.2, 0) is 4.79 Å². The summed E-state index contributed by atoms with van der Waals surface area (Å²) < 4.78 is 16.4. The van der Waals surface area contributed by atoms with Gasteiger partial charge in [-0.3, -0.25) is 14.5 Å². The van der Waals surface area contributed by atoms with Crippen LogP contribution in [0.3, 0.4) is 0 Å². The molecule has 8 heteroatoms. The summed E-state index contributed by atoms with van der Waals surface area (Å²) in [5.74, 6) is 0.947. The van der Waals surface area contributed by atoms with Crippen molar-refractivity contribution in [3.63, 3.8) is 0 Å². The Hall–Kier alpha value is -3.78. The molecule has 1 unspecified atom stereocenters. The van der Waals surface area contributed by atoms with Crippen LogP contribution in [0.15, 0.2) is 71.3 Å². The minimum Gasteiger partial charge on any atom is -0.496 e. The third-order valence-electron chi connectivity index (χ3n) is 6.03. The van der Waals surface area contributed by atoms with E-state index in [4.69, 9.17) is 13.9 Å². The Morgan fingerprint density at radius 1 is 1.03 bits per heavy atom. The Bertz CT molecular complexity index is 1110. The first kappa shape index (κ1) is 24.3. The summed E-state index contributed by atoms with van der Waals surface area (Å²) in [6, 6.07) is 18.1. The zero-order chi connectivity index (χ0) is 24.5. The molecule has 1 aliphatic heterocycles. The maximum absolute atomic E-state index is 12.6. The minimum atomic E-state index is -0.356. The molecule has 1 atom stereocenters. The van der Waals surface area contributed by atoms with Crippen molar-refractivity contribution in [2.24, 2.45) is 0 Å². The molecular formula is C27H31N3O5. The molecule has 1 saturated heterocycles. The van der Waals surface area contributed by atoms with E-state index in [1.165, 1.54) is 12.7 Å². The normalized spacial score (nSPS) is 14.7. The Morgan fingerprint density at radius 2 is 1.86 bits per heavy atom. The second kappa shape index (κ2) is 12.1. The lowest BCUT2D eigenvalue weighted by Crippen LogP contribution is -2.41. The zero-order valence-corrected chi connectivity index (χ0v) is 19.9. The number of hydrogen-bond donors (Lipinski definition) is 2. The van der Waals surface area contributed by atoms with Gasteiger partial charge in [-0.05, 0) is 56.3 Å². The van der Waals surface area contributed by atoms with E-state index in [-0.39, 0.29) is 30.2 Å². The molecule has 35 heavy (non-hydrogen) atoms. The van der Waals surface area contributed by atoms with Crippen molar-refractivity contribution >= 4 is 17.5 Å². The largest absolute Gasteiger partial charge is 0.496 e. The van der Waals surface area contributed by atoms with Crippen molar-refractivity contribution in [1.29, 1.82) is 0 Å². The van der Waals surface area contributed by atoms with Crippen LogP contribution in [0.1, 0.15) is 41.4 Å². The van der Waals surface area contributed by atoms with Gasteiger partial charge in [0, 0.05) is 23.9 Å². The number of carbonyl (C=O) groups is 2. The van der Waals surface area contributed by atoms with E-state index in [1.54, 1.807) is 43.5 Å². The second-order valence-electron chi connectivity index (χ2n) is 8.41. The molecular weight excluding hydrogens is 446 g/mol. The van der Waals surface area contributed by atoms with Crippen LogP contribution in [-0.4, -0.2) is 50.1 Å². The van der Waals surface area contributed by atoms with Crippen LogP contribution in [0.5, 0.6) is 11.5 Å². The molecule has 0 spiro atoms. The first-order valence-corrected chi connectivity index (χ1v) is 11.9. The number of benzene rings is 2. The van der Waals surface area contributed by atoms with Gasteiger partial charge in [0.25, 0.3) is 11.8 Å². The summed E-state index contributed by atoms with van der Waals surface area (Å²) in [5.41, 5.74) is 1.61. The molecule has 3 aromatic rings. The van der Waals surface area contributed by atoms with Gasteiger partial charge in [0.15, 0.2) is 12.4 Å². The third-order valence-corrected chi connectivity index (χ3v) is 6.03. The number of para-hydroxylation sites is 1. The smallest absolute Gasteiger partial charge is 0.291 e. The standard InChI is InChI=1S/C27H31N3O5/c1-33-24-12-4-3-11-22(24)23(30-14-5-2-6-15-30)18-28-26(31)19-35-21-10-7-9-20(17-21)29-27(32)25-13-8-16-34-25/h3-4,7-13,16-17,23H,2,5-6,14-15,18-19H2,1H3,(H,28,31)(H,29,32). The fraction of sp³-hybridized carbons (Fsp3) is 0.333. The van der Waals surface area contributed by atoms with E-state index in [9.17, 15) is 9.59 Å². The number of piperidine rings is 1. The topological polar surface area (TPSA) is 93.0 Å². The molecule has 2 aromatic carbocycles. The van der Waals surface area contributed by atoms with E-state index >= 15 is 0 Å². The van der Waals surface area contributed by atoms with Gasteiger partial charge in [-0.15, -0.1) is 0 Å². The number of likely N-dealkylation sites (tertiary alicyclic amines) is 1. The van der Waals surface area contributed by atoms with Gasteiger partial charge in [-0.1, -0.05) is 30.7 Å². The van der Waals surface area contributed by atoms with E-state index in [0.717, 1.165) is 37.2 Å². The summed E-state index contributed by atoms with van der Waals surface area (Å²) in [7, 11) is 1.67. The minimum absolute atomic E-state index is 0.0236. The highest BCUT2D eigenvalue weighted by Gasteiger charge is 2.25. The predicted molar refractivity (Wildman–Crippen MR) is 133 cm³/mol. The van der Waals surface area contributed by atoms with Crippen molar-refractivity contribution in [2.75, 3.05) is 38.7 Å². The lowest BCUT2D eigenvalue weighted by molar-refractivity contribution is -0.123. The predicted octanol–water partition coefficient (Wildman–Crippen LogP) is 4.26. The molecule has 8 nitrogen and oxygen atoms in total. The van der Waals surface area contributed by atoms with E-state index in [0.29, 0.717) is 18.0 Å². The summed E-state index contributed by atoms with van der Waals surface area (Å²) in [6.07, 6.45) is 4.97.